The van der Waals surface area contributed by atoms with E-state index in [0.29, 0.717) is 0 Å². The second-order valence-corrected chi connectivity index (χ2v) is 4.83. The summed E-state index contributed by atoms with van der Waals surface area (Å²) in [5.41, 5.74) is 1.53. The van der Waals surface area contributed by atoms with Crippen molar-refractivity contribution in [3.05, 3.63) is 52.8 Å². The van der Waals surface area contributed by atoms with Gasteiger partial charge in [0.15, 0.2) is 11.6 Å². The summed E-state index contributed by atoms with van der Waals surface area (Å²) in [6, 6.07) is 9.53. The van der Waals surface area contributed by atoms with Crippen molar-refractivity contribution in [3.8, 4) is 11.5 Å². The first-order chi connectivity index (χ1) is 9.51. The Bertz CT molecular complexity index is 619. The van der Waals surface area contributed by atoms with Gasteiger partial charge in [0.05, 0.1) is 12.1 Å². The van der Waals surface area contributed by atoms with E-state index < -0.39 is 5.82 Å². The molecule has 2 aromatic rings. The molecule has 0 aromatic heterocycles. The molecule has 2 aromatic carbocycles. The van der Waals surface area contributed by atoms with Gasteiger partial charge in [-0.05, 0) is 42.8 Å². The average molecular weight is 296 g/mol. The highest BCUT2D eigenvalue weighted by molar-refractivity contribution is 6.32. The van der Waals surface area contributed by atoms with Crippen molar-refractivity contribution in [2.24, 2.45) is 0 Å². The standard InChI is InChI=1S/C15H15ClFNO2/c1-9(10-3-6-15(20-2)13(17)7-10)18-11-4-5-14(19)12(16)8-11/h3-9,18-19H,1-2H3. The third-order valence-corrected chi connectivity index (χ3v) is 3.31. The minimum Gasteiger partial charge on any atom is -0.506 e. The largest absolute Gasteiger partial charge is 0.506 e. The molecule has 0 saturated heterocycles. The Morgan fingerprint density at radius 2 is 2.00 bits per heavy atom. The van der Waals surface area contributed by atoms with Gasteiger partial charge in [0.25, 0.3) is 0 Å². The Balaban J connectivity index is 2.17. The first kappa shape index (κ1) is 14.5. The fourth-order valence-electron chi connectivity index (χ4n) is 1.88. The van der Waals surface area contributed by atoms with Gasteiger partial charge in [-0.25, -0.2) is 4.39 Å². The molecular weight excluding hydrogens is 281 g/mol. The Morgan fingerprint density at radius 3 is 2.60 bits per heavy atom. The van der Waals surface area contributed by atoms with Gasteiger partial charge >= 0.3 is 0 Å². The zero-order valence-corrected chi connectivity index (χ0v) is 11.9. The van der Waals surface area contributed by atoms with Gasteiger partial charge in [0.1, 0.15) is 5.75 Å². The average Bonchev–Trinajstić information content (AvgIpc) is 2.42. The molecule has 2 N–H and O–H groups in total. The number of phenols is 1. The van der Waals surface area contributed by atoms with Crippen LogP contribution in [0, 0.1) is 5.82 Å². The maximum Gasteiger partial charge on any atom is 0.165 e. The number of nitrogens with one attached hydrogen (secondary N) is 1. The number of ether oxygens (including phenoxy) is 1. The molecule has 106 valence electrons. The molecule has 0 saturated carbocycles. The van der Waals surface area contributed by atoms with Crippen molar-refractivity contribution < 1.29 is 14.2 Å². The lowest BCUT2D eigenvalue weighted by Gasteiger charge is -2.17. The highest BCUT2D eigenvalue weighted by Crippen LogP contribution is 2.29. The van der Waals surface area contributed by atoms with Crippen LogP contribution in [0.25, 0.3) is 0 Å². The molecule has 0 bridgehead atoms. The summed E-state index contributed by atoms with van der Waals surface area (Å²) in [6.07, 6.45) is 0. The Hall–Kier alpha value is -1.94. The second kappa shape index (κ2) is 6.01. The van der Waals surface area contributed by atoms with Crippen molar-refractivity contribution in [1.29, 1.82) is 0 Å². The molecule has 2 rings (SSSR count). The number of anilines is 1. The topological polar surface area (TPSA) is 41.5 Å². The van der Waals surface area contributed by atoms with Crippen LogP contribution in [0.1, 0.15) is 18.5 Å². The quantitative estimate of drug-likeness (QED) is 0.823. The number of methoxy groups -OCH3 is 1. The molecule has 3 nitrogen and oxygen atoms in total. The Kier molecular flexibility index (Phi) is 4.35. The lowest BCUT2D eigenvalue weighted by molar-refractivity contribution is 0.386. The van der Waals surface area contributed by atoms with E-state index in [2.05, 4.69) is 5.32 Å². The van der Waals surface area contributed by atoms with E-state index in [1.165, 1.54) is 19.2 Å². The van der Waals surface area contributed by atoms with Crippen molar-refractivity contribution >= 4 is 17.3 Å². The molecule has 0 aliphatic carbocycles. The van der Waals surface area contributed by atoms with Crippen molar-refractivity contribution in [1.82, 2.24) is 0 Å². The Labute approximate surface area is 122 Å². The summed E-state index contributed by atoms with van der Waals surface area (Å²) in [6.45, 7) is 1.90. The van der Waals surface area contributed by atoms with E-state index in [9.17, 15) is 9.50 Å². The molecule has 0 heterocycles. The van der Waals surface area contributed by atoms with Crippen LogP contribution >= 0.6 is 11.6 Å². The monoisotopic (exact) mass is 295 g/mol. The van der Waals surface area contributed by atoms with Crippen LogP contribution in [0.15, 0.2) is 36.4 Å². The van der Waals surface area contributed by atoms with Crippen molar-refractivity contribution in [2.75, 3.05) is 12.4 Å². The molecule has 0 spiro atoms. The van der Waals surface area contributed by atoms with Gasteiger partial charge in [-0.3, -0.25) is 0 Å². The molecule has 1 unspecified atom stereocenters. The molecular formula is C15H15ClFNO2. The fourth-order valence-corrected chi connectivity index (χ4v) is 2.06. The predicted octanol–water partition coefficient (Wildman–Crippen LogP) is 4.37. The molecule has 0 aliphatic heterocycles. The molecule has 5 heteroatoms. The van der Waals surface area contributed by atoms with E-state index in [4.69, 9.17) is 16.3 Å². The van der Waals surface area contributed by atoms with Crippen molar-refractivity contribution in [2.45, 2.75) is 13.0 Å². The number of phenolic OH excluding ortho intramolecular Hbond substituents is 1. The third-order valence-electron chi connectivity index (χ3n) is 3.01. The van der Waals surface area contributed by atoms with Crippen LogP contribution < -0.4 is 10.1 Å². The van der Waals surface area contributed by atoms with Gasteiger partial charge in [-0.2, -0.15) is 0 Å². The van der Waals surface area contributed by atoms with Crippen LogP contribution in [0.4, 0.5) is 10.1 Å². The van der Waals surface area contributed by atoms with Crippen LogP contribution in [-0.4, -0.2) is 12.2 Å². The smallest absolute Gasteiger partial charge is 0.165 e. The summed E-state index contributed by atoms with van der Waals surface area (Å²) < 4.78 is 18.5. The number of aromatic hydroxyl groups is 1. The first-order valence-electron chi connectivity index (χ1n) is 6.09. The van der Waals surface area contributed by atoms with Crippen LogP contribution in [0.3, 0.4) is 0 Å². The van der Waals surface area contributed by atoms with E-state index >= 15 is 0 Å². The van der Waals surface area contributed by atoms with Gasteiger partial charge in [-0.15, -0.1) is 0 Å². The second-order valence-electron chi connectivity index (χ2n) is 4.43. The lowest BCUT2D eigenvalue weighted by Crippen LogP contribution is -2.07. The molecule has 0 radical (unpaired) electrons. The SMILES string of the molecule is COc1ccc(C(C)Nc2ccc(O)c(Cl)c2)cc1F. The third kappa shape index (κ3) is 3.14. The van der Waals surface area contributed by atoms with Crippen LogP contribution in [-0.2, 0) is 0 Å². The van der Waals surface area contributed by atoms with Crippen LogP contribution in [0.2, 0.25) is 5.02 Å². The Morgan fingerprint density at radius 1 is 1.25 bits per heavy atom. The maximum atomic E-state index is 13.7. The van der Waals surface area contributed by atoms with Gasteiger partial charge < -0.3 is 15.2 Å². The lowest BCUT2D eigenvalue weighted by atomic mass is 10.1. The predicted molar refractivity (Wildman–Crippen MR) is 78.1 cm³/mol. The molecule has 1 atom stereocenters. The van der Waals surface area contributed by atoms with E-state index in [1.807, 2.05) is 6.92 Å². The fraction of sp³-hybridized carbons (Fsp3) is 0.200. The minimum absolute atomic E-state index is 0.0281. The summed E-state index contributed by atoms with van der Waals surface area (Å²) in [4.78, 5) is 0. The van der Waals surface area contributed by atoms with Gasteiger partial charge in [0.2, 0.25) is 0 Å². The number of hydrogen-bond acceptors (Lipinski definition) is 3. The number of benzene rings is 2. The summed E-state index contributed by atoms with van der Waals surface area (Å²) in [5, 5.41) is 12.8. The summed E-state index contributed by atoms with van der Waals surface area (Å²) in [7, 11) is 1.43. The van der Waals surface area contributed by atoms with Crippen molar-refractivity contribution in [3.63, 3.8) is 0 Å². The van der Waals surface area contributed by atoms with Gasteiger partial charge in [-0.1, -0.05) is 17.7 Å². The maximum absolute atomic E-state index is 13.7. The van der Waals surface area contributed by atoms with Crippen LogP contribution in [0.5, 0.6) is 11.5 Å². The highest BCUT2D eigenvalue weighted by atomic mass is 35.5. The van der Waals surface area contributed by atoms with Gasteiger partial charge in [0, 0.05) is 11.7 Å². The molecule has 20 heavy (non-hydrogen) atoms. The minimum atomic E-state index is -0.401. The highest BCUT2D eigenvalue weighted by Gasteiger charge is 2.10. The number of halogens is 2. The normalized spacial score (nSPS) is 12.0. The number of rotatable bonds is 4. The number of hydrogen-bond donors (Lipinski definition) is 2. The molecule has 0 amide bonds. The molecule has 0 fully saturated rings. The van der Waals surface area contributed by atoms with E-state index in [0.717, 1.165) is 11.3 Å². The molecule has 0 aliphatic rings. The first-order valence-corrected chi connectivity index (χ1v) is 6.47. The van der Waals surface area contributed by atoms with E-state index in [1.54, 1.807) is 24.3 Å². The zero-order valence-electron chi connectivity index (χ0n) is 11.2. The van der Waals surface area contributed by atoms with E-state index in [-0.39, 0.29) is 22.6 Å². The summed E-state index contributed by atoms with van der Waals surface area (Å²) >= 11 is 5.84. The summed E-state index contributed by atoms with van der Waals surface area (Å²) in [5.74, 6) is -0.156. The zero-order chi connectivity index (χ0) is 14.7.